The van der Waals surface area contributed by atoms with Crippen molar-refractivity contribution in [3.8, 4) is 0 Å². The van der Waals surface area contributed by atoms with Gasteiger partial charge in [0, 0.05) is 31.2 Å². The van der Waals surface area contributed by atoms with E-state index in [2.05, 4.69) is 0 Å². The molecule has 0 unspecified atom stereocenters. The molecule has 0 amide bonds. The SMILES string of the molecule is O=C([O-])c1ccc2c(Cl)cccc2c1.O=C([O-])c1ccc2c(Cl)cccc2c1.O=C([O-])c1ccc2c(Cl)cccc2c1.[Al+3]. The summed E-state index contributed by atoms with van der Waals surface area (Å²) in [4.78, 5) is 31.8. The second-order valence-corrected chi connectivity index (χ2v) is 10.1. The average Bonchev–Trinajstić information content (AvgIpc) is 2.97. The molecule has 0 N–H and O–H groups in total. The van der Waals surface area contributed by atoms with Gasteiger partial charge in [0.25, 0.3) is 0 Å². The molecule has 0 atom stereocenters. The zero-order valence-corrected chi connectivity index (χ0v) is 25.5. The Hall–Kier alpha value is -4.09. The van der Waals surface area contributed by atoms with Gasteiger partial charge in [0.05, 0.1) is 17.9 Å². The van der Waals surface area contributed by atoms with Crippen LogP contribution in [-0.4, -0.2) is 35.3 Å². The molecular formula is C33H18AlCl3O6. The fraction of sp³-hybridized carbons (Fsp3) is 0. The summed E-state index contributed by atoms with van der Waals surface area (Å²) in [5, 5.41) is 38.6. The molecule has 0 aliphatic rings. The zero-order valence-electron chi connectivity index (χ0n) is 22.1. The smallest absolute Gasteiger partial charge is 0.545 e. The fourth-order valence-electron chi connectivity index (χ4n) is 4.11. The molecule has 0 bridgehead atoms. The molecule has 0 fully saturated rings. The molecule has 0 spiro atoms. The number of rotatable bonds is 3. The minimum Gasteiger partial charge on any atom is -0.545 e. The molecule has 0 aliphatic heterocycles. The summed E-state index contributed by atoms with van der Waals surface area (Å²) >= 11 is 17.8. The van der Waals surface area contributed by atoms with Crippen LogP contribution >= 0.6 is 34.8 Å². The largest absolute Gasteiger partial charge is 3.00 e. The van der Waals surface area contributed by atoms with Crippen LogP contribution < -0.4 is 15.3 Å². The molecule has 0 saturated carbocycles. The molecule has 43 heavy (non-hydrogen) atoms. The third-order valence-corrected chi connectivity index (χ3v) is 7.18. The van der Waals surface area contributed by atoms with Gasteiger partial charge in [0.2, 0.25) is 0 Å². The summed E-state index contributed by atoms with van der Waals surface area (Å²) in [5.41, 5.74) is 0.499. The van der Waals surface area contributed by atoms with Gasteiger partial charge < -0.3 is 29.7 Å². The van der Waals surface area contributed by atoms with E-state index in [4.69, 9.17) is 34.8 Å². The van der Waals surface area contributed by atoms with Crippen molar-refractivity contribution in [2.45, 2.75) is 0 Å². The zero-order chi connectivity index (χ0) is 30.4. The maximum atomic E-state index is 10.6. The van der Waals surface area contributed by atoms with Gasteiger partial charge in [0.1, 0.15) is 0 Å². The number of hydrogen-bond donors (Lipinski definition) is 0. The van der Waals surface area contributed by atoms with Crippen molar-refractivity contribution in [3.05, 3.63) is 141 Å². The van der Waals surface area contributed by atoms with E-state index in [-0.39, 0.29) is 34.1 Å². The minimum atomic E-state index is -1.17. The van der Waals surface area contributed by atoms with Gasteiger partial charge in [0.15, 0.2) is 0 Å². The maximum Gasteiger partial charge on any atom is 3.00 e. The second kappa shape index (κ2) is 14.9. The van der Waals surface area contributed by atoms with Crippen LogP contribution in [0.3, 0.4) is 0 Å². The number of carbonyl (C=O) groups excluding carboxylic acids is 3. The van der Waals surface area contributed by atoms with E-state index in [1.807, 2.05) is 18.2 Å². The summed E-state index contributed by atoms with van der Waals surface area (Å²) in [5.74, 6) is -3.52. The number of halogens is 3. The summed E-state index contributed by atoms with van der Waals surface area (Å²) in [7, 11) is 0. The van der Waals surface area contributed by atoms with E-state index < -0.39 is 17.9 Å². The van der Waals surface area contributed by atoms with E-state index in [9.17, 15) is 29.7 Å². The molecule has 6 aromatic carbocycles. The quantitative estimate of drug-likeness (QED) is 0.245. The van der Waals surface area contributed by atoms with Crippen LogP contribution in [0.25, 0.3) is 32.3 Å². The number of hydrogen-bond acceptors (Lipinski definition) is 6. The number of carboxylic acids is 3. The van der Waals surface area contributed by atoms with Crippen molar-refractivity contribution < 1.29 is 29.7 Å². The Bertz CT molecular complexity index is 1750. The first kappa shape index (κ1) is 33.4. The van der Waals surface area contributed by atoms with Crippen molar-refractivity contribution in [2.75, 3.05) is 0 Å². The number of benzene rings is 6. The van der Waals surface area contributed by atoms with E-state index >= 15 is 0 Å². The van der Waals surface area contributed by atoms with Gasteiger partial charge >= 0.3 is 17.4 Å². The van der Waals surface area contributed by atoms with E-state index in [1.54, 1.807) is 72.8 Å². The molecule has 6 aromatic rings. The number of aromatic carboxylic acids is 3. The summed E-state index contributed by atoms with van der Waals surface area (Å²) in [6.07, 6.45) is 0. The molecule has 0 heterocycles. The summed E-state index contributed by atoms with van der Waals surface area (Å²) in [6.45, 7) is 0. The fourth-order valence-corrected chi connectivity index (χ4v) is 4.85. The minimum absolute atomic E-state index is 0. The molecular weight excluding hydrogens is 626 g/mol. The Labute approximate surface area is 271 Å². The van der Waals surface area contributed by atoms with Crippen LogP contribution in [0.4, 0.5) is 0 Å². The molecule has 0 saturated heterocycles. The molecule has 210 valence electrons. The Morgan fingerprint density at radius 2 is 0.674 bits per heavy atom. The topological polar surface area (TPSA) is 120 Å². The van der Waals surface area contributed by atoms with Crippen molar-refractivity contribution in [1.82, 2.24) is 0 Å². The monoisotopic (exact) mass is 642 g/mol. The van der Waals surface area contributed by atoms with Gasteiger partial charge in [-0.1, -0.05) is 108 Å². The first-order valence-corrected chi connectivity index (χ1v) is 13.4. The number of carbonyl (C=O) groups is 3. The van der Waals surface area contributed by atoms with Gasteiger partial charge in [-0.25, -0.2) is 0 Å². The molecule has 6 nitrogen and oxygen atoms in total. The van der Waals surface area contributed by atoms with Crippen molar-refractivity contribution >= 4 is 102 Å². The van der Waals surface area contributed by atoms with Crippen LogP contribution in [0.1, 0.15) is 31.1 Å². The predicted molar refractivity (Wildman–Crippen MR) is 166 cm³/mol. The number of carboxylic acid groups (broad SMARTS) is 3. The van der Waals surface area contributed by atoms with Crippen LogP contribution in [0.2, 0.25) is 15.1 Å². The normalized spacial score (nSPS) is 10.1. The Kier molecular flexibility index (Phi) is 11.6. The molecule has 6 rings (SSSR count). The first-order valence-electron chi connectivity index (χ1n) is 12.2. The summed E-state index contributed by atoms with van der Waals surface area (Å²) < 4.78 is 0. The Morgan fingerprint density at radius 3 is 0.907 bits per heavy atom. The maximum absolute atomic E-state index is 10.6. The van der Waals surface area contributed by atoms with Crippen molar-refractivity contribution in [2.24, 2.45) is 0 Å². The van der Waals surface area contributed by atoms with Gasteiger partial charge in [-0.2, -0.15) is 0 Å². The van der Waals surface area contributed by atoms with Crippen LogP contribution in [0, 0.1) is 0 Å². The molecule has 0 aliphatic carbocycles. The second-order valence-electron chi connectivity index (χ2n) is 8.89. The van der Waals surface area contributed by atoms with Crippen LogP contribution in [-0.2, 0) is 0 Å². The van der Waals surface area contributed by atoms with Crippen molar-refractivity contribution in [1.29, 1.82) is 0 Å². The van der Waals surface area contributed by atoms with Gasteiger partial charge in [-0.05, 0) is 69.2 Å². The molecule has 10 heteroatoms. The van der Waals surface area contributed by atoms with E-state index in [0.717, 1.165) is 32.3 Å². The Balaban J connectivity index is 0.000000175. The Morgan fingerprint density at radius 1 is 0.419 bits per heavy atom. The van der Waals surface area contributed by atoms with E-state index in [0.29, 0.717) is 15.1 Å². The predicted octanol–water partition coefficient (Wildman–Crippen LogP) is 5.19. The molecule has 0 radical (unpaired) electrons. The van der Waals surface area contributed by atoms with E-state index in [1.165, 1.54) is 18.2 Å². The number of fused-ring (bicyclic) bond motifs is 3. The van der Waals surface area contributed by atoms with Crippen LogP contribution in [0.5, 0.6) is 0 Å². The van der Waals surface area contributed by atoms with Crippen LogP contribution in [0.15, 0.2) is 109 Å². The third-order valence-electron chi connectivity index (χ3n) is 6.19. The van der Waals surface area contributed by atoms with Gasteiger partial charge in [-0.3, -0.25) is 0 Å². The first-order chi connectivity index (χ1) is 20.0. The standard InChI is InChI=1S/3C11H7ClO2.Al/c3*12-10-3-1-2-7-6-8(11(13)14)4-5-9(7)10;/h3*1-6H,(H,13,14);/q;;;+3/p-3. The van der Waals surface area contributed by atoms with Gasteiger partial charge in [-0.15, -0.1) is 0 Å². The molecule has 0 aromatic heterocycles. The van der Waals surface area contributed by atoms with Crippen molar-refractivity contribution in [3.63, 3.8) is 0 Å². The summed E-state index contributed by atoms with van der Waals surface area (Å²) in [6, 6.07) is 30.3. The average molecular weight is 644 g/mol. The third kappa shape index (κ3) is 8.27.